The van der Waals surface area contributed by atoms with Gasteiger partial charge in [0.15, 0.2) is 0 Å². The first-order valence-corrected chi connectivity index (χ1v) is 8.49. The van der Waals surface area contributed by atoms with E-state index in [9.17, 15) is 4.79 Å². The number of halogens is 1. The van der Waals surface area contributed by atoms with Crippen LogP contribution in [-0.4, -0.2) is 68.3 Å². The molecule has 1 aromatic rings. The summed E-state index contributed by atoms with van der Waals surface area (Å²) in [6.45, 7) is 7.04. The monoisotopic (exact) mass is 339 g/mol. The SMILES string of the molecule is C[C@H](Cc1ccc(Cl)cc1)N(C)C(=O)NCCN1CCOCC1. The number of hydrogen-bond acceptors (Lipinski definition) is 3. The number of rotatable bonds is 6. The van der Waals surface area contributed by atoms with E-state index in [1.807, 2.05) is 31.3 Å². The minimum atomic E-state index is -0.0280. The van der Waals surface area contributed by atoms with Crippen LogP contribution < -0.4 is 5.32 Å². The summed E-state index contributed by atoms with van der Waals surface area (Å²) in [6.07, 6.45) is 0.810. The number of ether oxygens (including phenoxy) is 1. The van der Waals surface area contributed by atoms with Gasteiger partial charge in [-0.3, -0.25) is 4.90 Å². The van der Waals surface area contributed by atoms with Crippen molar-refractivity contribution in [2.75, 3.05) is 46.4 Å². The number of carbonyl (C=O) groups excluding carboxylic acids is 1. The third-order valence-corrected chi connectivity index (χ3v) is 4.49. The number of benzene rings is 1. The smallest absolute Gasteiger partial charge is 0.317 e. The maximum atomic E-state index is 12.2. The van der Waals surface area contributed by atoms with Crippen molar-refractivity contribution in [3.63, 3.8) is 0 Å². The zero-order chi connectivity index (χ0) is 16.7. The Bertz CT molecular complexity index is 489. The van der Waals surface area contributed by atoms with E-state index < -0.39 is 0 Å². The van der Waals surface area contributed by atoms with Gasteiger partial charge in [-0.25, -0.2) is 4.79 Å². The third-order valence-electron chi connectivity index (χ3n) is 4.23. The van der Waals surface area contributed by atoms with Crippen molar-refractivity contribution in [3.05, 3.63) is 34.9 Å². The fourth-order valence-corrected chi connectivity index (χ4v) is 2.70. The lowest BCUT2D eigenvalue weighted by molar-refractivity contribution is 0.0386. The molecule has 1 aliphatic heterocycles. The van der Waals surface area contributed by atoms with Gasteiger partial charge in [0.1, 0.15) is 0 Å². The van der Waals surface area contributed by atoms with E-state index in [2.05, 4.69) is 17.1 Å². The van der Waals surface area contributed by atoms with Crippen molar-refractivity contribution in [1.82, 2.24) is 15.1 Å². The Morgan fingerprint density at radius 2 is 2.00 bits per heavy atom. The molecule has 1 aromatic carbocycles. The molecule has 6 heteroatoms. The fourth-order valence-electron chi connectivity index (χ4n) is 2.57. The van der Waals surface area contributed by atoms with Gasteiger partial charge in [0, 0.05) is 44.3 Å². The molecule has 1 fully saturated rings. The maximum absolute atomic E-state index is 12.2. The molecular formula is C17H26ClN3O2. The molecule has 5 nitrogen and oxygen atoms in total. The molecule has 23 heavy (non-hydrogen) atoms. The highest BCUT2D eigenvalue weighted by Gasteiger charge is 2.16. The van der Waals surface area contributed by atoms with E-state index in [4.69, 9.17) is 16.3 Å². The van der Waals surface area contributed by atoms with Gasteiger partial charge < -0.3 is 15.0 Å². The minimum absolute atomic E-state index is 0.0280. The number of likely N-dealkylation sites (N-methyl/N-ethyl adjacent to an activating group) is 1. The van der Waals surface area contributed by atoms with Gasteiger partial charge in [0.25, 0.3) is 0 Å². The molecule has 0 spiro atoms. The summed E-state index contributed by atoms with van der Waals surface area (Å²) < 4.78 is 5.32. The molecule has 0 aliphatic carbocycles. The van der Waals surface area contributed by atoms with Crippen LogP contribution in [0.1, 0.15) is 12.5 Å². The Morgan fingerprint density at radius 3 is 2.65 bits per heavy atom. The normalized spacial score (nSPS) is 16.8. The summed E-state index contributed by atoms with van der Waals surface area (Å²) in [6, 6.07) is 7.86. The van der Waals surface area contributed by atoms with E-state index in [0.29, 0.717) is 6.54 Å². The molecule has 0 unspecified atom stereocenters. The lowest BCUT2D eigenvalue weighted by atomic mass is 10.1. The van der Waals surface area contributed by atoms with Crippen LogP contribution >= 0.6 is 11.6 Å². The Hall–Kier alpha value is -1.30. The first kappa shape index (κ1) is 18.0. The lowest BCUT2D eigenvalue weighted by Gasteiger charge is -2.28. The predicted molar refractivity (Wildman–Crippen MR) is 93.0 cm³/mol. The fraction of sp³-hybridized carbons (Fsp3) is 0.588. The van der Waals surface area contributed by atoms with Gasteiger partial charge in [-0.15, -0.1) is 0 Å². The van der Waals surface area contributed by atoms with Gasteiger partial charge in [-0.1, -0.05) is 23.7 Å². The lowest BCUT2D eigenvalue weighted by Crippen LogP contribution is -2.46. The van der Waals surface area contributed by atoms with Gasteiger partial charge >= 0.3 is 6.03 Å². The molecule has 1 atom stereocenters. The quantitative estimate of drug-likeness (QED) is 0.864. The second-order valence-corrected chi connectivity index (χ2v) is 6.41. The van der Waals surface area contributed by atoms with Gasteiger partial charge in [-0.05, 0) is 31.0 Å². The number of urea groups is 1. The molecule has 0 bridgehead atoms. The van der Waals surface area contributed by atoms with Crippen molar-refractivity contribution in [2.45, 2.75) is 19.4 Å². The summed E-state index contributed by atoms with van der Waals surface area (Å²) in [5.74, 6) is 0. The minimum Gasteiger partial charge on any atom is -0.379 e. The standard InChI is InChI=1S/C17H26ClN3O2/c1-14(13-15-3-5-16(18)6-4-15)20(2)17(22)19-7-8-21-9-11-23-12-10-21/h3-6,14H,7-13H2,1-2H3,(H,19,22)/t14-/m1/s1. The molecule has 0 aromatic heterocycles. The molecular weight excluding hydrogens is 314 g/mol. The predicted octanol–water partition coefficient (Wildman–Crippen LogP) is 2.24. The van der Waals surface area contributed by atoms with Crippen LogP contribution in [0.15, 0.2) is 24.3 Å². The van der Waals surface area contributed by atoms with Crippen molar-refractivity contribution >= 4 is 17.6 Å². The van der Waals surface area contributed by atoms with Crippen LogP contribution in [0.2, 0.25) is 5.02 Å². The van der Waals surface area contributed by atoms with Crippen molar-refractivity contribution in [2.24, 2.45) is 0 Å². The summed E-state index contributed by atoms with van der Waals surface area (Å²) >= 11 is 5.90. The second-order valence-electron chi connectivity index (χ2n) is 5.98. The number of nitrogens with zero attached hydrogens (tertiary/aromatic N) is 2. The molecule has 1 N–H and O–H groups in total. The first-order chi connectivity index (χ1) is 11.1. The summed E-state index contributed by atoms with van der Waals surface area (Å²) in [7, 11) is 1.84. The largest absolute Gasteiger partial charge is 0.379 e. The average Bonchev–Trinajstić information content (AvgIpc) is 2.57. The number of carbonyl (C=O) groups is 1. The molecule has 0 radical (unpaired) electrons. The second kappa shape index (κ2) is 9.11. The highest BCUT2D eigenvalue weighted by atomic mass is 35.5. The van der Waals surface area contributed by atoms with Crippen LogP contribution in [0.5, 0.6) is 0 Å². The zero-order valence-electron chi connectivity index (χ0n) is 13.9. The Labute approximate surface area is 143 Å². The van der Waals surface area contributed by atoms with E-state index in [0.717, 1.165) is 44.3 Å². The third kappa shape index (κ3) is 6.01. The molecule has 128 valence electrons. The van der Waals surface area contributed by atoms with Crippen LogP contribution in [0, 0.1) is 0 Å². The summed E-state index contributed by atoms with van der Waals surface area (Å²) in [5.41, 5.74) is 1.18. The molecule has 1 aliphatic rings. The molecule has 2 amide bonds. The van der Waals surface area contributed by atoms with Crippen molar-refractivity contribution in [3.8, 4) is 0 Å². The van der Waals surface area contributed by atoms with Crippen LogP contribution in [0.3, 0.4) is 0 Å². The average molecular weight is 340 g/mol. The molecule has 1 heterocycles. The highest BCUT2D eigenvalue weighted by Crippen LogP contribution is 2.12. The van der Waals surface area contributed by atoms with E-state index >= 15 is 0 Å². The zero-order valence-corrected chi connectivity index (χ0v) is 14.7. The number of amides is 2. The maximum Gasteiger partial charge on any atom is 0.317 e. The van der Waals surface area contributed by atoms with Crippen LogP contribution in [0.25, 0.3) is 0 Å². The highest BCUT2D eigenvalue weighted by molar-refractivity contribution is 6.30. The molecule has 1 saturated heterocycles. The number of hydrogen-bond donors (Lipinski definition) is 1. The molecule has 0 saturated carbocycles. The van der Waals surface area contributed by atoms with E-state index in [-0.39, 0.29) is 12.1 Å². The Kier molecular flexibility index (Phi) is 7.15. The van der Waals surface area contributed by atoms with E-state index in [1.165, 1.54) is 5.56 Å². The number of morpholine rings is 1. The summed E-state index contributed by atoms with van der Waals surface area (Å²) in [5, 5.41) is 3.72. The van der Waals surface area contributed by atoms with Crippen LogP contribution in [0.4, 0.5) is 4.79 Å². The van der Waals surface area contributed by atoms with Crippen molar-refractivity contribution < 1.29 is 9.53 Å². The Morgan fingerprint density at radius 1 is 1.35 bits per heavy atom. The molecule has 2 rings (SSSR count). The van der Waals surface area contributed by atoms with Crippen molar-refractivity contribution in [1.29, 1.82) is 0 Å². The number of nitrogens with one attached hydrogen (secondary N) is 1. The van der Waals surface area contributed by atoms with Crippen LogP contribution in [-0.2, 0) is 11.2 Å². The van der Waals surface area contributed by atoms with Gasteiger partial charge in [-0.2, -0.15) is 0 Å². The summed E-state index contributed by atoms with van der Waals surface area (Å²) in [4.78, 5) is 16.3. The Balaban J connectivity index is 1.71. The first-order valence-electron chi connectivity index (χ1n) is 8.11. The van der Waals surface area contributed by atoms with Gasteiger partial charge in [0.05, 0.1) is 13.2 Å². The van der Waals surface area contributed by atoms with E-state index in [1.54, 1.807) is 4.90 Å². The topological polar surface area (TPSA) is 44.8 Å². The van der Waals surface area contributed by atoms with Gasteiger partial charge in [0.2, 0.25) is 0 Å².